The molecular formula is C22H20N2O4. The maximum absolute atomic E-state index is 12.8. The number of aryl methyl sites for hydroxylation is 1. The number of benzene rings is 2. The molecule has 0 saturated carbocycles. The molecule has 28 heavy (non-hydrogen) atoms. The average molecular weight is 376 g/mol. The molecule has 1 atom stereocenters. The molecule has 1 heterocycles. The second-order valence-corrected chi connectivity index (χ2v) is 6.80. The van der Waals surface area contributed by atoms with Crippen LogP contribution in [0.3, 0.4) is 0 Å². The molecule has 6 heteroatoms. The molecular weight excluding hydrogens is 356 g/mol. The van der Waals surface area contributed by atoms with Crippen LogP contribution < -0.4 is 10.1 Å². The summed E-state index contributed by atoms with van der Waals surface area (Å²) in [5, 5.41) is 6.85. The Morgan fingerprint density at radius 3 is 2.75 bits per heavy atom. The van der Waals surface area contributed by atoms with E-state index in [-0.39, 0.29) is 11.5 Å². The Hall–Kier alpha value is -3.41. The molecule has 0 saturated heterocycles. The number of amides is 1. The molecule has 1 unspecified atom stereocenters. The van der Waals surface area contributed by atoms with E-state index < -0.39 is 11.9 Å². The molecule has 0 spiro atoms. The number of carbonyl (C=O) groups excluding carboxylic acids is 2. The summed E-state index contributed by atoms with van der Waals surface area (Å²) in [5.74, 6) is 0.326. The maximum Gasteiger partial charge on any atom is 0.290 e. The number of nitrogens with zero attached hydrogens (tertiary/aromatic N) is 1. The van der Waals surface area contributed by atoms with Crippen molar-refractivity contribution in [2.24, 2.45) is 0 Å². The molecule has 4 rings (SSSR count). The number of fused-ring (bicyclic) bond motifs is 1. The normalized spacial score (nSPS) is 15.8. The fourth-order valence-electron chi connectivity index (χ4n) is 3.54. The number of carbonyl (C=O) groups is 2. The smallest absolute Gasteiger partial charge is 0.290 e. The molecule has 3 aromatic rings. The minimum Gasteiger partial charge on any atom is -0.497 e. The van der Waals surface area contributed by atoms with Crippen molar-refractivity contribution in [3.8, 4) is 17.0 Å². The first kappa shape index (κ1) is 18.0. The lowest BCUT2D eigenvalue weighted by molar-refractivity contribution is 0.0824. The monoisotopic (exact) mass is 376 g/mol. The third-order valence-electron chi connectivity index (χ3n) is 5.08. The molecule has 1 aliphatic carbocycles. The second-order valence-electron chi connectivity index (χ2n) is 6.80. The van der Waals surface area contributed by atoms with Crippen LogP contribution in [0.25, 0.3) is 11.3 Å². The molecule has 1 N–H and O–H groups in total. The Balaban J connectivity index is 1.53. The molecule has 6 nitrogen and oxygen atoms in total. The minimum atomic E-state index is -0.585. The highest BCUT2D eigenvalue weighted by Crippen LogP contribution is 2.27. The third kappa shape index (κ3) is 3.17. The van der Waals surface area contributed by atoms with Crippen LogP contribution in [-0.4, -0.2) is 30.0 Å². The lowest BCUT2D eigenvalue weighted by atomic mass is 9.87. The summed E-state index contributed by atoms with van der Waals surface area (Å²) in [6.45, 7) is 1.79. The highest BCUT2D eigenvalue weighted by atomic mass is 16.5. The summed E-state index contributed by atoms with van der Waals surface area (Å²) in [7, 11) is 1.60. The van der Waals surface area contributed by atoms with E-state index >= 15 is 0 Å². The molecule has 0 aliphatic heterocycles. The molecule has 1 amide bonds. The van der Waals surface area contributed by atoms with Gasteiger partial charge in [0.05, 0.1) is 13.2 Å². The molecule has 1 aromatic heterocycles. The number of methoxy groups -OCH3 is 1. The van der Waals surface area contributed by atoms with Crippen LogP contribution in [-0.2, 0) is 6.42 Å². The Kier molecular flexibility index (Phi) is 4.69. The van der Waals surface area contributed by atoms with Gasteiger partial charge in [0.2, 0.25) is 5.76 Å². The van der Waals surface area contributed by atoms with Crippen molar-refractivity contribution in [3.63, 3.8) is 0 Å². The number of hydrogen-bond acceptors (Lipinski definition) is 5. The Labute approximate surface area is 162 Å². The fourth-order valence-corrected chi connectivity index (χ4v) is 3.54. The van der Waals surface area contributed by atoms with Crippen molar-refractivity contribution in [2.75, 3.05) is 7.11 Å². The Bertz CT molecular complexity index is 1040. The number of aromatic nitrogens is 1. The van der Waals surface area contributed by atoms with Crippen LogP contribution in [0.2, 0.25) is 0 Å². The molecule has 1 aliphatic rings. The van der Waals surface area contributed by atoms with Crippen molar-refractivity contribution in [3.05, 3.63) is 71.0 Å². The summed E-state index contributed by atoms with van der Waals surface area (Å²) < 4.78 is 10.5. The zero-order chi connectivity index (χ0) is 19.7. The Morgan fingerprint density at radius 2 is 2.00 bits per heavy atom. The van der Waals surface area contributed by atoms with Crippen molar-refractivity contribution in [1.82, 2.24) is 10.5 Å². The van der Waals surface area contributed by atoms with E-state index in [1.165, 1.54) is 0 Å². The van der Waals surface area contributed by atoms with Gasteiger partial charge in [-0.2, -0.15) is 0 Å². The van der Waals surface area contributed by atoms with Gasteiger partial charge in [-0.15, -0.1) is 0 Å². The number of ether oxygens (including phenoxy) is 1. The number of ketones is 1. The van der Waals surface area contributed by atoms with Crippen LogP contribution in [0.5, 0.6) is 5.75 Å². The van der Waals surface area contributed by atoms with E-state index in [0.717, 1.165) is 16.9 Å². The Morgan fingerprint density at radius 1 is 1.21 bits per heavy atom. The average Bonchev–Trinajstić information content (AvgIpc) is 3.12. The van der Waals surface area contributed by atoms with Crippen LogP contribution in [0.4, 0.5) is 0 Å². The van der Waals surface area contributed by atoms with Crippen LogP contribution >= 0.6 is 0 Å². The van der Waals surface area contributed by atoms with Gasteiger partial charge in [-0.1, -0.05) is 35.5 Å². The molecule has 0 fully saturated rings. The largest absolute Gasteiger partial charge is 0.497 e. The predicted octanol–water partition coefficient (Wildman–Crippen LogP) is 3.59. The first-order valence-electron chi connectivity index (χ1n) is 9.12. The minimum absolute atomic E-state index is 0.0993. The first-order chi connectivity index (χ1) is 13.6. The zero-order valence-electron chi connectivity index (χ0n) is 15.7. The maximum atomic E-state index is 12.8. The summed E-state index contributed by atoms with van der Waals surface area (Å²) in [4.78, 5) is 25.5. The SMILES string of the molecule is COc1ccc2c(c1)CCC(NC(=O)c1onc(-c3ccccc3)c1C)C2=O. The van der Waals surface area contributed by atoms with Crippen LogP contribution in [0.15, 0.2) is 53.1 Å². The summed E-state index contributed by atoms with van der Waals surface area (Å²) in [5.41, 5.74) is 3.71. The van der Waals surface area contributed by atoms with Gasteiger partial charge < -0.3 is 14.6 Å². The highest BCUT2D eigenvalue weighted by Gasteiger charge is 2.31. The molecule has 0 bridgehead atoms. The standard InChI is InChI=1S/C22H20N2O4/c1-13-19(14-6-4-3-5-7-14)24-28-21(13)22(26)23-18-11-8-15-12-16(27-2)9-10-17(15)20(18)25/h3-7,9-10,12,18H,8,11H2,1-2H3,(H,23,26). The van der Waals surface area contributed by atoms with Gasteiger partial charge in [-0.05, 0) is 43.5 Å². The van der Waals surface area contributed by atoms with Crippen LogP contribution in [0.1, 0.15) is 38.5 Å². The number of nitrogens with one attached hydrogen (secondary N) is 1. The highest BCUT2D eigenvalue weighted by molar-refractivity contribution is 6.06. The lowest BCUT2D eigenvalue weighted by Crippen LogP contribution is -2.43. The van der Waals surface area contributed by atoms with Gasteiger partial charge in [-0.3, -0.25) is 9.59 Å². The first-order valence-corrected chi connectivity index (χ1v) is 9.12. The van der Waals surface area contributed by atoms with E-state index in [1.807, 2.05) is 36.4 Å². The van der Waals surface area contributed by atoms with Gasteiger partial charge in [0.15, 0.2) is 5.78 Å². The second kappa shape index (κ2) is 7.31. The van der Waals surface area contributed by atoms with Gasteiger partial charge in [0.1, 0.15) is 11.4 Å². The number of Topliss-reactive ketones (excluding diaryl/α,β-unsaturated/α-hetero) is 1. The van der Waals surface area contributed by atoms with Crippen molar-refractivity contribution in [2.45, 2.75) is 25.8 Å². The van der Waals surface area contributed by atoms with E-state index in [1.54, 1.807) is 26.2 Å². The van der Waals surface area contributed by atoms with E-state index in [9.17, 15) is 9.59 Å². The number of rotatable bonds is 4. The van der Waals surface area contributed by atoms with Gasteiger partial charge in [-0.25, -0.2) is 0 Å². The quantitative estimate of drug-likeness (QED) is 0.753. The van der Waals surface area contributed by atoms with Crippen molar-refractivity contribution in [1.29, 1.82) is 0 Å². The van der Waals surface area contributed by atoms with E-state index in [0.29, 0.717) is 29.7 Å². The van der Waals surface area contributed by atoms with Crippen molar-refractivity contribution < 1.29 is 18.8 Å². The topological polar surface area (TPSA) is 81.4 Å². The van der Waals surface area contributed by atoms with E-state index in [4.69, 9.17) is 9.26 Å². The molecule has 2 aromatic carbocycles. The summed E-state index contributed by atoms with van der Waals surface area (Å²) in [6, 6.07) is 14.3. The third-order valence-corrected chi connectivity index (χ3v) is 5.08. The molecule has 142 valence electrons. The molecule has 0 radical (unpaired) electrons. The van der Waals surface area contributed by atoms with Gasteiger partial charge in [0, 0.05) is 16.7 Å². The zero-order valence-corrected chi connectivity index (χ0v) is 15.7. The number of hydrogen-bond donors (Lipinski definition) is 1. The van der Waals surface area contributed by atoms with Gasteiger partial charge >= 0.3 is 0 Å². The summed E-state index contributed by atoms with van der Waals surface area (Å²) >= 11 is 0. The fraction of sp³-hybridized carbons (Fsp3) is 0.227. The van der Waals surface area contributed by atoms with Crippen molar-refractivity contribution >= 4 is 11.7 Å². The lowest BCUT2D eigenvalue weighted by Gasteiger charge is -2.24. The van der Waals surface area contributed by atoms with Gasteiger partial charge in [0.25, 0.3) is 5.91 Å². The van der Waals surface area contributed by atoms with E-state index in [2.05, 4.69) is 10.5 Å². The summed E-state index contributed by atoms with van der Waals surface area (Å²) in [6.07, 6.45) is 1.22. The van der Waals surface area contributed by atoms with Crippen LogP contribution in [0, 0.1) is 6.92 Å². The predicted molar refractivity (Wildman–Crippen MR) is 104 cm³/mol.